The van der Waals surface area contributed by atoms with Gasteiger partial charge in [0.2, 0.25) is 17.8 Å². The quantitative estimate of drug-likeness (QED) is 0.854. The third-order valence-electron chi connectivity index (χ3n) is 3.82. The largest absolute Gasteiger partial charge is 0.349 e. The Morgan fingerprint density at radius 3 is 2.57 bits per heavy atom. The van der Waals surface area contributed by atoms with E-state index in [0.29, 0.717) is 18.3 Å². The number of rotatable bonds is 5. The van der Waals surface area contributed by atoms with Gasteiger partial charge in [-0.2, -0.15) is 15.0 Å². The van der Waals surface area contributed by atoms with Crippen molar-refractivity contribution in [3.05, 3.63) is 5.82 Å². The summed E-state index contributed by atoms with van der Waals surface area (Å²) in [5.74, 6) is 2.32. The SMILES string of the molecule is CN(C)c1nc(CNC(=O)C2CC2)nc(N2CCCC2)n1. The Labute approximate surface area is 124 Å². The molecule has 1 aliphatic carbocycles. The van der Waals surface area contributed by atoms with Gasteiger partial charge in [-0.1, -0.05) is 0 Å². The maximum absolute atomic E-state index is 11.7. The van der Waals surface area contributed by atoms with Crippen molar-refractivity contribution in [2.45, 2.75) is 32.2 Å². The first-order valence-electron chi connectivity index (χ1n) is 7.58. The zero-order valence-corrected chi connectivity index (χ0v) is 12.7. The standard InChI is InChI=1S/C14H22N6O/c1-19(2)13-16-11(9-15-12(21)10-5-6-10)17-14(18-13)20-7-3-4-8-20/h10H,3-9H2,1-2H3,(H,15,21). The number of hydrogen-bond acceptors (Lipinski definition) is 6. The zero-order valence-electron chi connectivity index (χ0n) is 12.7. The van der Waals surface area contributed by atoms with Crippen LogP contribution in [0.25, 0.3) is 0 Å². The summed E-state index contributed by atoms with van der Waals surface area (Å²) in [6, 6.07) is 0. The molecule has 1 aliphatic heterocycles. The van der Waals surface area contributed by atoms with Crippen LogP contribution in [0.3, 0.4) is 0 Å². The predicted octanol–water partition coefficient (Wildman–Crippen LogP) is 0.564. The second-order valence-electron chi connectivity index (χ2n) is 5.93. The summed E-state index contributed by atoms with van der Waals surface area (Å²) in [6.07, 6.45) is 4.36. The smallest absolute Gasteiger partial charge is 0.230 e. The second-order valence-corrected chi connectivity index (χ2v) is 5.93. The van der Waals surface area contributed by atoms with Crippen molar-refractivity contribution in [1.82, 2.24) is 20.3 Å². The molecule has 1 aromatic rings. The van der Waals surface area contributed by atoms with Crippen LogP contribution in [0.4, 0.5) is 11.9 Å². The van der Waals surface area contributed by atoms with Crippen molar-refractivity contribution in [3.63, 3.8) is 0 Å². The first-order chi connectivity index (χ1) is 10.1. The second kappa shape index (κ2) is 5.83. The molecule has 0 bridgehead atoms. The van der Waals surface area contributed by atoms with Crippen LogP contribution in [-0.4, -0.2) is 48.0 Å². The third kappa shape index (κ3) is 3.40. The van der Waals surface area contributed by atoms with Gasteiger partial charge in [-0.05, 0) is 25.7 Å². The molecule has 7 nitrogen and oxygen atoms in total. The van der Waals surface area contributed by atoms with Gasteiger partial charge >= 0.3 is 0 Å². The van der Waals surface area contributed by atoms with Crippen molar-refractivity contribution >= 4 is 17.8 Å². The van der Waals surface area contributed by atoms with E-state index < -0.39 is 0 Å². The van der Waals surface area contributed by atoms with Crippen LogP contribution < -0.4 is 15.1 Å². The molecule has 114 valence electrons. The van der Waals surface area contributed by atoms with E-state index in [-0.39, 0.29) is 11.8 Å². The number of amides is 1. The number of anilines is 2. The first kappa shape index (κ1) is 14.0. The molecule has 0 atom stereocenters. The van der Waals surface area contributed by atoms with Crippen LogP contribution in [0.5, 0.6) is 0 Å². The predicted molar refractivity (Wildman–Crippen MR) is 80.2 cm³/mol. The number of aromatic nitrogens is 3. The molecule has 1 saturated heterocycles. The highest BCUT2D eigenvalue weighted by atomic mass is 16.2. The van der Waals surface area contributed by atoms with Gasteiger partial charge in [-0.3, -0.25) is 4.79 Å². The number of nitrogens with zero attached hydrogens (tertiary/aromatic N) is 5. The van der Waals surface area contributed by atoms with Crippen molar-refractivity contribution < 1.29 is 4.79 Å². The molecular weight excluding hydrogens is 268 g/mol. The van der Waals surface area contributed by atoms with Gasteiger partial charge in [0.15, 0.2) is 5.82 Å². The minimum atomic E-state index is 0.115. The van der Waals surface area contributed by atoms with E-state index in [2.05, 4.69) is 25.2 Å². The fraction of sp³-hybridized carbons (Fsp3) is 0.714. The normalized spacial score (nSPS) is 17.9. The van der Waals surface area contributed by atoms with Crippen LogP contribution in [0.2, 0.25) is 0 Å². The minimum absolute atomic E-state index is 0.115. The topological polar surface area (TPSA) is 74.2 Å². The van der Waals surface area contributed by atoms with E-state index in [9.17, 15) is 4.79 Å². The summed E-state index contributed by atoms with van der Waals surface area (Å²) in [5, 5.41) is 2.92. The molecule has 7 heteroatoms. The van der Waals surface area contributed by atoms with Gasteiger partial charge in [0.05, 0.1) is 6.54 Å². The molecule has 2 fully saturated rings. The molecule has 0 radical (unpaired) electrons. The van der Waals surface area contributed by atoms with Gasteiger partial charge in [0.25, 0.3) is 0 Å². The van der Waals surface area contributed by atoms with Gasteiger partial charge in [0, 0.05) is 33.1 Å². The van der Waals surface area contributed by atoms with Gasteiger partial charge < -0.3 is 15.1 Å². The molecule has 2 heterocycles. The Balaban J connectivity index is 1.75. The lowest BCUT2D eigenvalue weighted by atomic mass is 10.4. The van der Waals surface area contributed by atoms with Crippen molar-refractivity contribution in [2.75, 3.05) is 37.0 Å². The zero-order chi connectivity index (χ0) is 14.8. The summed E-state index contributed by atoms with van der Waals surface area (Å²) >= 11 is 0. The molecule has 0 aromatic carbocycles. The van der Waals surface area contributed by atoms with Crippen LogP contribution in [0.1, 0.15) is 31.5 Å². The Morgan fingerprint density at radius 2 is 1.95 bits per heavy atom. The average Bonchev–Trinajstić information content (AvgIpc) is 3.19. The molecule has 1 saturated carbocycles. The van der Waals surface area contributed by atoms with Gasteiger partial charge in [-0.25, -0.2) is 0 Å². The van der Waals surface area contributed by atoms with Crippen LogP contribution in [-0.2, 0) is 11.3 Å². The number of carbonyl (C=O) groups excluding carboxylic acids is 1. The van der Waals surface area contributed by atoms with Crippen molar-refractivity contribution in [3.8, 4) is 0 Å². The molecule has 1 amide bonds. The molecule has 1 N–H and O–H groups in total. The first-order valence-corrected chi connectivity index (χ1v) is 7.58. The lowest BCUT2D eigenvalue weighted by Crippen LogP contribution is -2.28. The molecular formula is C14H22N6O. The summed E-state index contributed by atoms with van der Waals surface area (Å²) < 4.78 is 0. The molecule has 0 spiro atoms. The fourth-order valence-electron chi connectivity index (χ4n) is 2.39. The Bertz CT molecular complexity index is 522. The average molecular weight is 290 g/mol. The van der Waals surface area contributed by atoms with E-state index in [4.69, 9.17) is 0 Å². The maximum Gasteiger partial charge on any atom is 0.230 e. The van der Waals surface area contributed by atoms with Crippen molar-refractivity contribution in [1.29, 1.82) is 0 Å². The lowest BCUT2D eigenvalue weighted by Gasteiger charge is -2.18. The highest BCUT2D eigenvalue weighted by Crippen LogP contribution is 2.28. The molecule has 2 aliphatic rings. The molecule has 21 heavy (non-hydrogen) atoms. The Hall–Kier alpha value is -1.92. The van der Waals surface area contributed by atoms with Crippen LogP contribution in [0.15, 0.2) is 0 Å². The monoisotopic (exact) mass is 290 g/mol. The number of carbonyl (C=O) groups is 1. The van der Waals surface area contributed by atoms with E-state index in [1.165, 1.54) is 12.8 Å². The minimum Gasteiger partial charge on any atom is -0.349 e. The lowest BCUT2D eigenvalue weighted by molar-refractivity contribution is -0.122. The van der Waals surface area contributed by atoms with Crippen LogP contribution >= 0.6 is 0 Å². The van der Waals surface area contributed by atoms with E-state index in [0.717, 1.165) is 31.9 Å². The summed E-state index contributed by atoms with van der Waals surface area (Å²) in [4.78, 5) is 29.2. The summed E-state index contributed by atoms with van der Waals surface area (Å²) in [5.41, 5.74) is 0. The number of nitrogens with one attached hydrogen (secondary N) is 1. The van der Waals surface area contributed by atoms with Gasteiger partial charge in [-0.15, -0.1) is 0 Å². The fourth-order valence-corrected chi connectivity index (χ4v) is 2.39. The number of hydrogen-bond donors (Lipinski definition) is 1. The maximum atomic E-state index is 11.7. The molecule has 0 unspecified atom stereocenters. The van der Waals surface area contributed by atoms with Crippen LogP contribution in [0, 0.1) is 5.92 Å². The highest BCUT2D eigenvalue weighted by molar-refractivity contribution is 5.80. The Kier molecular flexibility index (Phi) is 3.90. The van der Waals surface area contributed by atoms with Crippen molar-refractivity contribution in [2.24, 2.45) is 5.92 Å². The summed E-state index contributed by atoms with van der Waals surface area (Å²) in [7, 11) is 3.82. The van der Waals surface area contributed by atoms with E-state index in [1.807, 2.05) is 19.0 Å². The Morgan fingerprint density at radius 1 is 1.24 bits per heavy atom. The highest BCUT2D eigenvalue weighted by Gasteiger charge is 2.29. The van der Waals surface area contributed by atoms with E-state index in [1.54, 1.807) is 0 Å². The third-order valence-corrected chi connectivity index (χ3v) is 3.82. The molecule has 3 rings (SSSR count). The van der Waals surface area contributed by atoms with Gasteiger partial charge in [0.1, 0.15) is 0 Å². The summed E-state index contributed by atoms with van der Waals surface area (Å²) in [6.45, 7) is 2.36. The van der Waals surface area contributed by atoms with E-state index >= 15 is 0 Å². The molecule has 1 aromatic heterocycles.